The lowest BCUT2D eigenvalue weighted by molar-refractivity contribution is -0.138. The quantitative estimate of drug-likeness (QED) is 0.795. The van der Waals surface area contributed by atoms with E-state index in [1.54, 1.807) is 10.9 Å². The summed E-state index contributed by atoms with van der Waals surface area (Å²) in [4.78, 5) is 12.1. The SMILES string of the molecule is CC1CC(CN)(C(=O)NCc2ccnn2C)C1. The Labute approximate surface area is 101 Å². The van der Waals surface area contributed by atoms with Crippen molar-refractivity contribution in [1.82, 2.24) is 15.1 Å². The summed E-state index contributed by atoms with van der Waals surface area (Å²) in [6.45, 7) is 3.11. The van der Waals surface area contributed by atoms with Crippen LogP contribution >= 0.6 is 0 Å². The van der Waals surface area contributed by atoms with Gasteiger partial charge in [0.15, 0.2) is 0 Å². The minimum Gasteiger partial charge on any atom is -0.350 e. The standard InChI is InChI=1S/C12H20N4O/c1-9-5-12(6-9,8-13)11(17)14-7-10-3-4-15-16(10)2/h3-4,9H,5-8,13H2,1-2H3,(H,14,17). The molecule has 1 saturated carbocycles. The number of hydrogen-bond donors (Lipinski definition) is 2. The van der Waals surface area contributed by atoms with Gasteiger partial charge in [-0.15, -0.1) is 0 Å². The van der Waals surface area contributed by atoms with Crippen LogP contribution in [-0.4, -0.2) is 22.2 Å². The van der Waals surface area contributed by atoms with E-state index in [2.05, 4.69) is 17.3 Å². The molecule has 0 unspecified atom stereocenters. The van der Waals surface area contributed by atoms with E-state index >= 15 is 0 Å². The second-order valence-corrected chi connectivity index (χ2v) is 5.13. The average Bonchev–Trinajstić information content (AvgIpc) is 2.67. The largest absolute Gasteiger partial charge is 0.350 e. The van der Waals surface area contributed by atoms with Crippen LogP contribution in [0.4, 0.5) is 0 Å². The van der Waals surface area contributed by atoms with Gasteiger partial charge in [0, 0.05) is 19.8 Å². The van der Waals surface area contributed by atoms with Crippen LogP contribution in [0, 0.1) is 11.3 Å². The molecule has 0 radical (unpaired) electrons. The van der Waals surface area contributed by atoms with Crippen LogP contribution in [-0.2, 0) is 18.4 Å². The zero-order valence-corrected chi connectivity index (χ0v) is 10.4. The Balaban J connectivity index is 1.91. The molecule has 1 aliphatic rings. The van der Waals surface area contributed by atoms with Gasteiger partial charge in [-0.2, -0.15) is 5.10 Å². The highest BCUT2D eigenvalue weighted by atomic mass is 16.2. The van der Waals surface area contributed by atoms with Crippen molar-refractivity contribution < 1.29 is 4.79 Å². The van der Waals surface area contributed by atoms with Crippen molar-refractivity contribution in [3.05, 3.63) is 18.0 Å². The molecule has 94 valence electrons. The summed E-state index contributed by atoms with van der Waals surface area (Å²) < 4.78 is 1.76. The van der Waals surface area contributed by atoms with Crippen LogP contribution in [0.1, 0.15) is 25.5 Å². The first-order chi connectivity index (χ1) is 8.07. The van der Waals surface area contributed by atoms with E-state index in [0.29, 0.717) is 19.0 Å². The Morgan fingerprint density at radius 3 is 2.88 bits per heavy atom. The molecule has 5 nitrogen and oxygen atoms in total. The van der Waals surface area contributed by atoms with Crippen molar-refractivity contribution in [2.75, 3.05) is 6.54 Å². The molecule has 0 aliphatic heterocycles. The van der Waals surface area contributed by atoms with Crippen molar-refractivity contribution in [2.45, 2.75) is 26.3 Å². The summed E-state index contributed by atoms with van der Waals surface area (Å²) in [7, 11) is 1.87. The topological polar surface area (TPSA) is 72.9 Å². The third-order valence-corrected chi connectivity index (χ3v) is 3.70. The minimum absolute atomic E-state index is 0.0827. The number of rotatable bonds is 4. The highest BCUT2D eigenvalue weighted by molar-refractivity contribution is 5.83. The zero-order chi connectivity index (χ0) is 12.5. The van der Waals surface area contributed by atoms with Crippen molar-refractivity contribution in [3.8, 4) is 0 Å². The van der Waals surface area contributed by atoms with E-state index in [4.69, 9.17) is 5.73 Å². The van der Waals surface area contributed by atoms with Crippen molar-refractivity contribution in [2.24, 2.45) is 24.1 Å². The molecular weight excluding hydrogens is 216 g/mol. The number of amides is 1. The first kappa shape index (κ1) is 12.1. The Kier molecular flexibility index (Phi) is 3.19. The van der Waals surface area contributed by atoms with Gasteiger partial charge in [-0.25, -0.2) is 0 Å². The Morgan fingerprint density at radius 2 is 2.41 bits per heavy atom. The Hall–Kier alpha value is -1.36. The number of carbonyl (C=O) groups excluding carboxylic acids is 1. The Bertz CT molecular complexity index is 406. The van der Waals surface area contributed by atoms with Crippen molar-refractivity contribution >= 4 is 5.91 Å². The molecule has 0 aromatic carbocycles. The van der Waals surface area contributed by atoms with E-state index in [-0.39, 0.29) is 11.3 Å². The number of nitrogens with one attached hydrogen (secondary N) is 1. The fraction of sp³-hybridized carbons (Fsp3) is 0.667. The summed E-state index contributed by atoms with van der Waals surface area (Å²) in [5.41, 5.74) is 6.41. The lowest BCUT2D eigenvalue weighted by Gasteiger charge is -2.44. The van der Waals surface area contributed by atoms with Gasteiger partial charge in [-0.05, 0) is 24.8 Å². The summed E-state index contributed by atoms with van der Waals surface area (Å²) in [5, 5.41) is 7.02. The van der Waals surface area contributed by atoms with Gasteiger partial charge in [0.05, 0.1) is 17.7 Å². The molecule has 1 aromatic rings. The molecular formula is C12H20N4O. The van der Waals surface area contributed by atoms with Crippen molar-refractivity contribution in [3.63, 3.8) is 0 Å². The van der Waals surface area contributed by atoms with E-state index in [1.165, 1.54) is 0 Å². The lowest BCUT2D eigenvalue weighted by Crippen LogP contribution is -2.53. The number of nitrogens with two attached hydrogens (primary N) is 1. The number of aromatic nitrogens is 2. The molecule has 5 heteroatoms. The third kappa shape index (κ3) is 2.20. The zero-order valence-electron chi connectivity index (χ0n) is 10.4. The fourth-order valence-corrected chi connectivity index (χ4v) is 2.65. The number of hydrogen-bond acceptors (Lipinski definition) is 3. The van der Waals surface area contributed by atoms with Gasteiger partial charge in [-0.3, -0.25) is 9.48 Å². The van der Waals surface area contributed by atoms with Gasteiger partial charge >= 0.3 is 0 Å². The molecule has 0 bridgehead atoms. The van der Waals surface area contributed by atoms with Crippen LogP contribution in [0.5, 0.6) is 0 Å². The normalized spacial score (nSPS) is 27.6. The fourth-order valence-electron chi connectivity index (χ4n) is 2.65. The van der Waals surface area contributed by atoms with E-state index in [0.717, 1.165) is 18.5 Å². The summed E-state index contributed by atoms with van der Waals surface area (Å²) >= 11 is 0. The molecule has 1 heterocycles. The smallest absolute Gasteiger partial charge is 0.227 e. The van der Waals surface area contributed by atoms with Gasteiger partial charge in [0.25, 0.3) is 0 Å². The van der Waals surface area contributed by atoms with Crippen LogP contribution in [0.2, 0.25) is 0 Å². The molecule has 3 N–H and O–H groups in total. The second kappa shape index (κ2) is 4.49. The van der Waals surface area contributed by atoms with Crippen LogP contribution in [0.15, 0.2) is 12.3 Å². The maximum Gasteiger partial charge on any atom is 0.227 e. The molecule has 1 aliphatic carbocycles. The molecule has 0 atom stereocenters. The third-order valence-electron chi connectivity index (χ3n) is 3.70. The summed E-state index contributed by atoms with van der Waals surface area (Å²) in [6.07, 6.45) is 3.53. The lowest BCUT2D eigenvalue weighted by atomic mass is 9.62. The number of carbonyl (C=O) groups is 1. The summed E-state index contributed by atoms with van der Waals surface area (Å²) in [6, 6.07) is 1.90. The molecule has 1 amide bonds. The monoisotopic (exact) mass is 236 g/mol. The first-order valence-corrected chi connectivity index (χ1v) is 6.03. The molecule has 1 aromatic heterocycles. The highest BCUT2D eigenvalue weighted by Gasteiger charge is 2.46. The summed E-state index contributed by atoms with van der Waals surface area (Å²) in [5.74, 6) is 0.695. The molecule has 17 heavy (non-hydrogen) atoms. The highest BCUT2D eigenvalue weighted by Crippen LogP contribution is 2.44. The van der Waals surface area contributed by atoms with Gasteiger partial charge in [0.1, 0.15) is 0 Å². The molecule has 2 rings (SSSR count). The van der Waals surface area contributed by atoms with Gasteiger partial charge in [0.2, 0.25) is 5.91 Å². The predicted octanol–water partition coefficient (Wildman–Crippen LogP) is 0.411. The molecule has 0 spiro atoms. The second-order valence-electron chi connectivity index (χ2n) is 5.13. The van der Waals surface area contributed by atoms with Crippen LogP contribution < -0.4 is 11.1 Å². The maximum atomic E-state index is 12.1. The van der Waals surface area contributed by atoms with Crippen LogP contribution in [0.25, 0.3) is 0 Å². The Morgan fingerprint density at radius 1 is 1.71 bits per heavy atom. The van der Waals surface area contributed by atoms with E-state index in [1.807, 2.05) is 13.1 Å². The number of nitrogens with zero attached hydrogens (tertiary/aromatic N) is 2. The first-order valence-electron chi connectivity index (χ1n) is 6.03. The molecule has 0 saturated heterocycles. The van der Waals surface area contributed by atoms with Crippen molar-refractivity contribution in [1.29, 1.82) is 0 Å². The van der Waals surface area contributed by atoms with Gasteiger partial charge in [-0.1, -0.05) is 6.92 Å². The maximum absolute atomic E-state index is 12.1. The average molecular weight is 236 g/mol. The number of aryl methyl sites for hydroxylation is 1. The van der Waals surface area contributed by atoms with E-state index < -0.39 is 0 Å². The predicted molar refractivity (Wildman–Crippen MR) is 64.9 cm³/mol. The van der Waals surface area contributed by atoms with Gasteiger partial charge < -0.3 is 11.1 Å². The molecule has 1 fully saturated rings. The van der Waals surface area contributed by atoms with E-state index in [9.17, 15) is 4.79 Å². The minimum atomic E-state index is -0.321. The van der Waals surface area contributed by atoms with Crippen LogP contribution in [0.3, 0.4) is 0 Å².